The Kier molecular flexibility index (Phi) is 6.48. The quantitative estimate of drug-likeness (QED) is 0.797. The van der Waals surface area contributed by atoms with Gasteiger partial charge in [-0.15, -0.1) is 0 Å². The fourth-order valence-corrected chi connectivity index (χ4v) is 2.05. The summed E-state index contributed by atoms with van der Waals surface area (Å²) in [5.74, 6) is 0.929. The van der Waals surface area contributed by atoms with Gasteiger partial charge in [-0.3, -0.25) is 0 Å². The molecule has 0 saturated heterocycles. The van der Waals surface area contributed by atoms with Gasteiger partial charge in [0.2, 0.25) is 0 Å². The van der Waals surface area contributed by atoms with E-state index in [0.717, 1.165) is 19.3 Å². The first kappa shape index (κ1) is 14.7. The Morgan fingerprint density at radius 2 is 2.33 bits per heavy atom. The van der Waals surface area contributed by atoms with Crippen LogP contribution in [0.4, 0.5) is 5.82 Å². The third-order valence-electron chi connectivity index (χ3n) is 2.80. The van der Waals surface area contributed by atoms with Crippen molar-refractivity contribution in [2.24, 2.45) is 5.92 Å². The van der Waals surface area contributed by atoms with E-state index in [4.69, 9.17) is 22.0 Å². The van der Waals surface area contributed by atoms with Crippen LogP contribution in [0.2, 0.25) is 5.02 Å². The van der Waals surface area contributed by atoms with Crippen molar-refractivity contribution in [3.63, 3.8) is 0 Å². The van der Waals surface area contributed by atoms with Crippen molar-refractivity contribution in [2.75, 3.05) is 18.5 Å². The maximum absolute atomic E-state index is 8.98. The van der Waals surface area contributed by atoms with Crippen molar-refractivity contribution in [1.29, 1.82) is 5.26 Å². The number of aliphatic hydroxyl groups is 1. The van der Waals surface area contributed by atoms with Gasteiger partial charge in [0.15, 0.2) is 0 Å². The summed E-state index contributed by atoms with van der Waals surface area (Å²) in [5, 5.41) is 21.4. The lowest BCUT2D eigenvalue weighted by atomic mass is 10.0. The van der Waals surface area contributed by atoms with Gasteiger partial charge in [0.05, 0.1) is 5.56 Å². The molecule has 0 aliphatic heterocycles. The highest BCUT2D eigenvalue weighted by Crippen LogP contribution is 2.23. The number of aromatic nitrogens is 1. The SMILES string of the molecule is CCCC(CCO)CNc1nccc(C#N)c1Cl. The lowest BCUT2D eigenvalue weighted by molar-refractivity contribution is 0.255. The van der Waals surface area contributed by atoms with Gasteiger partial charge < -0.3 is 10.4 Å². The summed E-state index contributed by atoms with van der Waals surface area (Å²) < 4.78 is 0. The fourth-order valence-electron chi connectivity index (χ4n) is 1.83. The predicted molar refractivity (Wildman–Crippen MR) is 72.6 cm³/mol. The molecule has 0 aliphatic rings. The highest BCUT2D eigenvalue weighted by Gasteiger charge is 2.10. The predicted octanol–water partition coefficient (Wildman–Crippen LogP) is 2.82. The first-order valence-corrected chi connectivity index (χ1v) is 6.50. The number of nitrogens with zero attached hydrogens (tertiary/aromatic N) is 2. The summed E-state index contributed by atoms with van der Waals surface area (Å²) in [6.07, 6.45) is 4.44. The summed E-state index contributed by atoms with van der Waals surface area (Å²) in [6, 6.07) is 3.61. The lowest BCUT2D eigenvalue weighted by Gasteiger charge is -2.16. The third kappa shape index (κ3) is 4.17. The molecule has 1 atom stereocenters. The molecule has 0 fully saturated rings. The van der Waals surface area contributed by atoms with E-state index < -0.39 is 0 Å². The summed E-state index contributed by atoms with van der Waals surface area (Å²) in [5.41, 5.74) is 0.420. The van der Waals surface area contributed by atoms with Crippen molar-refractivity contribution in [3.8, 4) is 6.07 Å². The number of anilines is 1. The Hall–Kier alpha value is -1.31. The Morgan fingerprint density at radius 1 is 1.56 bits per heavy atom. The standard InChI is InChI=1S/C13H18ClN3O/c1-2-3-10(5-7-18)9-17-13-12(14)11(8-15)4-6-16-13/h4,6,10,18H,2-3,5,7,9H2,1H3,(H,16,17). The minimum absolute atomic E-state index is 0.186. The highest BCUT2D eigenvalue weighted by molar-refractivity contribution is 6.34. The molecule has 1 rings (SSSR count). The second-order valence-corrected chi connectivity index (χ2v) is 4.56. The van der Waals surface area contributed by atoms with Gasteiger partial charge in [-0.1, -0.05) is 24.9 Å². The van der Waals surface area contributed by atoms with E-state index in [0.29, 0.717) is 28.9 Å². The minimum atomic E-state index is 0.186. The number of aliphatic hydroxyl groups excluding tert-OH is 1. The fraction of sp³-hybridized carbons (Fsp3) is 0.538. The summed E-state index contributed by atoms with van der Waals surface area (Å²) in [7, 11) is 0. The first-order chi connectivity index (χ1) is 8.72. The van der Waals surface area contributed by atoms with Gasteiger partial charge in [-0.25, -0.2) is 4.98 Å². The van der Waals surface area contributed by atoms with Crippen LogP contribution in [-0.4, -0.2) is 23.2 Å². The molecule has 0 saturated carbocycles. The van der Waals surface area contributed by atoms with E-state index in [1.165, 1.54) is 0 Å². The number of pyridine rings is 1. The zero-order chi connectivity index (χ0) is 13.4. The molecule has 0 aliphatic carbocycles. The molecule has 1 heterocycles. The number of halogens is 1. The third-order valence-corrected chi connectivity index (χ3v) is 3.18. The smallest absolute Gasteiger partial charge is 0.146 e. The molecule has 0 bridgehead atoms. The number of rotatable bonds is 7. The Bertz CT molecular complexity index is 411. The van der Waals surface area contributed by atoms with Crippen LogP contribution in [0.1, 0.15) is 31.7 Å². The van der Waals surface area contributed by atoms with Gasteiger partial charge in [0, 0.05) is 19.3 Å². The molecule has 1 unspecified atom stereocenters. The van der Waals surface area contributed by atoms with Crippen molar-refractivity contribution < 1.29 is 5.11 Å². The molecule has 2 N–H and O–H groups in total. The molecule has 0 amide bonds. The van der Waals surface area contributed by atoms with Crippen molar-refractivity contribution in [3.05, 3.63) is 22.8 Å². The number of hydrogen-bond acceptors (Lipinski definition) is 4. The zero-order valence-corrected chi connectivity index (χ0v) is 11.2. The maximum Gasteiger partial charge on any atom is 0.146 e. The van der Waals surface area contributed by atoms with Crippen LogP contribution in [0, 0.1) is 17.2 Å². The van der Waals surface area contributed by atoms with Gasteiger partial charge in [-0.2, -0.15) is 5.26 Å². The molecule has 0 radical (unpaired) electrons. The molecular weight excluding hydrogens is 250 g/mol. The molecular formula is C13H18ClN3O. The van der Waals surface area contributed by atoms with Crippen LogP contribution >= 0.6 is 11.6 Å². The van der Waals surface area contributed by atoms with Crippen molar-refractivity contribution in [1.82, 2.24) is 4.98 Å². The molecule has 4 nitrogen and oxygen atoms in total. The topological polar surface area (TPSA) is 68.9 Å². The van der Waals surface area contributed by atoms with Gasteiger partial charge in [0.25, 0.3) is 0 Å². The molecule has 0 spiro atoms. The molecule has 1 aromatic heterocycles. The largest absolute Gasteiger partial charge is 0.396 e. The van der Waals surface area contributed by atoms with Gasteiger partial charge in [0.1, 0.15) is 16.9 Å². The maximum atomic E-state index is 8.98. The van der Waals surface area contributed by atoms with E-state index in [1.54, 1.807) is 12.3 Å². The highest BCUT2D eigenvalue weighted by atomic mass is 35.5. The molecule has 5 heteroatoms. The molecule has 98 valence electrons. The average molecular weight is 268 g/mol. The van der Waals surface area contributed by atoms with Crippen LogP contribution in [0.25, 0.3) is 0 Å². The second kappa shape index (κ2) is 7.91. The van der Waals surface area contributed by atoms with E-state index in [1.807, 2.05) is 6.07 Å². The summed E-state index contributed by atoms with van der Waals surface area (Å²) >= 11 is 6.05. The number of nitriles is 1. The Balaban J connectivity index is 2.64. The van der Waals surface area contributed by atoms with Crippen LogP contribution in [0.5, 0.6) is 0 Å². The van der Waals surface area contributed by atoms with Crippen LogP contribution in [0.3, 0.4) is 0 Å². The number of hydrogen-bond donors (Lipinski definition) is 2. The van der Waals surface area contributed by atoms with E-state index in [9.17, 15) is 0 Å². The second-order valence-electron chi connectivity index (χ2n) is 4.18. The summed E-state index contributed by atoms with van der Waals surface area (Å²) in [6.45, 7) is 3.01. The summed E-state index contributed by atoms with van der Waals surface area (Å²) in [4.78, 5) is 4.12. The normalized spacial score (nSPS) is 11.9. The van der Waals surface area contributed by atoms with Gasteiger partial charge in [-0.05, 0) is 24.8 Å². The first-order valence-electron chi connectivity index (χ1n) is 6.12. The van der Waals surface area contributed by atoms with Crippen LogP contribution in [0.15, 0.2) is 12.3 Å². The molecule has 18 heavy (non-hydrogen) atoms. The molecule has 1 aromatic rings. The lowest BCUT2D eigenvalue weighted by Crippen LogP contribution is -2.16. The monoisotopic (exact) mass is 267 g/mol. The number of nitrogens with one attached hydrogen (secondary N) is 1. The van der Waals surface area contributed by atoms with E-state index in [-0.39, 0.29) is 6.61 Å². The molecule has 0 aromatic carbocycles. The van der Waals surface area contributed by atoms with Gasteiger partial charge >= 0.3 is 0 Å². The average Bonchev–Trinajstić information content (AvgIpc) is 2.38. The zero-order valence-electron chi connectivity index (χ0n) is 10.5. The van der Waals surface area contributed by atoms with Crippen LogP contribution in [-0.2, 0) is 0 Å². The van der Waals surface area contributed by atoms with Crippen molar-refractivity contribution >= 4 is 17.4 Å². The van der Waals surface area contributed by atoms with E-state index in [2.05, 4.69) is 17.2 Å². The Morgan fingerprint density at radius 3 is 2.94 bits per heavy atom. The minimum Gasteiger partial charge on any atom is -0.396 e. The van der Waals surface area contributed by atoms with E-state index >= 15 is 0 Å². The van der Waals surface area contributed by atoms with Crippen molar-refractivity contribution in [2.45, 2.75) is 26.2 Å². The van der Waals surface area contributed by atoms with Crippen LogP contribution < -0.4 is 5.32 Å². The Labute approximate surface area is 113 Å².